The molecule has 2 heteroatoms. The molecule has 1 aliphatic heterocycles. The topological polar surface area (TPSA) is 29.6 Å². The third-order valence-electron chi connectivity index (χ3n) is 7.23. The maximum atomic E-state index is 12.0. The van der Waals surface area contributed by atoms with Crippen molar-refractivity contribution in [3.8, 4) is 0 Å². The molecule has 112 valence electrons. The number of epoxide rings is 1. The van der Waals surface area contributed by atoms with E-state index in [2.05, 4.69) is 20.8 Å². The van der Waals surface area contributed by atoms with Crippen molar-refractivity contribution < 1.29 is 9.53 Å². The molecule has 0 aromatic heterocycles. The average Bonchev–Trinajstić information content (AvgIpc) is 3.23. The van der Waals surface area contributed by atoms with Gasteiger partial charge in [-0.05, 0) is 54.8 Å². The lowest BCUT2D eigenvalue weighted by atomic mass is 9.67. The van der Waals surface area contributed by atoms with Crippen molar-refractivity contribution in [2.75, 3.05) is 0 Å². The summed E-state index contributed by atoms with van der Waals surface area (Å²) in [6.07, 6.45) is 7.98. The fraction of sp³-hybridized carbons (Fsp3) is 0.944. The van der Waals surface area contributed by atoms with Gasteiger partial charge in [-0.15, -0.1) is 0 Å². The summed E-state index contributed by atoms with van der Waals surface area (Å²) >= 11 is 0. The van der Waals surface area contributed by atoms with Gasteiger partial charge in [-0.3, -0.25) is 4.79 Å². The van der Waals surface area contributed by atoms with E-state index in [-0.39, 0.29) is 5.60 Å². The van der Waals surface area contributed by atoms with Crippen LogP contribution in [0.1, 0.15) is 65.7 Å². The highest BCUT2D eigenvalue weighted by molar-refractivity contribution is 5.78. The minimum absolute atomic E-state index is 0.159. The van der Waals surface area contributed by atoms with E-state index in [1.807, 2.05) is 0 Å². The van der Waals surface area contributed by atoms with Crippen LogP contribution in [-0.2, 0) is 9.53 Å². The van der Waals surface area contributed by atoms with Crippen molar-refractivity contribution in [2.24, 2.45) is 29.1 Å². The normalized spacial score (nSPS) is 53.4. The summed E-state index contributed by atoms with van der Waals surface area (Å²) in [6.45, 7) is 7.28. The van der Waals surface area contributed by atoms with Crippen molar-refractivity contribution in [1.29, 1.82) is 0 Å². The molecular formula is C18H28O2. The molecule has 0 unspecified atom stereocenters. The zero-order valence-electron chi connectivity index (χ0n) is 13.2. The van der Waals surface area contributed by atoms with Gasteiger partial charge in [0.15, 0.2) is 0 Å². The van der Waals surface area contributed by atoms with Gasteiger partial charge in [-0.25, -0.2) is 0 Å². The number of fused-ring (bicyclic) bond motifs is 2. The van der Waals surface area contributed by atoms with Crippen molar-refractivity contribution in [3.05, 3.63) is 0 Å². The van der Waals surface area contributed by atoms with Crippen LogP contribution in [0.25, 0.3) is 0 Å². The fourth-order valence-electron chi connectivity index (χ4n) is 6.00. The predicted octanol–water partition coefficient (Wildman–Crippen LogP) is 3.98. The number of ether oxygens (including phenoxy) is 1. The molecule has 0 amide bonds. The third kappa shape index (κ3) is 1.63. The molecule has 4 rings (SSSR count). The molecule has 3 saturated carbocycles. The van der Waals surface area contributed by atoms with Crippen LogP contribution in [-0.4, -0.2) is 17.5 Å². The Balaban J connectivity index is 1.63. The minimum atomic E-state index is 0.159. The van der Waals surface area contributed by atoms with E-state index in [0.717, 1.165) is 37.5 Å². The largest absolute Gasteiger partial charge is 0.365 e. The number of carbonyl (C=O) groups excluding carboxylic acids is 1. The standard InChI is InChI=1S/C18H28O2/c1-11-10-14-16(17(14,2)3)13-9-8-12(19)6-4-5-7-15-18(11,13)20-15/h11,13-16H,4-10H2,1-3H3/t11-,13-,14+,15+,16-,18+/m0/s1. The van der Waals surface area contributed by atoms with E-state index < -0.39 is 0 Å². The number of Topliss-reactive ketones (excluding diaryl/α,β-unsaturated/α-hetero) is 1. The summed E-state index contributed by atoms with van der Waals surface area (Å²) < 4.78 is 6.37. The number of rotatable bonds is 0. The Morgan fingerprint density at radius 3 is 2.70 bits per heavy atom. The van der Waals surface area contributed by atoms with Crippen molar-refractivity contribution in [2.45, 2.75) is 77.4 Å². The molecule has 1 spiro atoms. The Morgan fingerprint density at radius 1 is 1.10 bits per heavy atom. The maximum absolute atomic E-state index is 12.0. The molecule has 0 radical (unpaired) electrons. The van der Waals surface area contributed by atoms with Gasteiger partial charge in [0, 0.05) is 12.8 Å². The van der Waals surface area contributed by atoms with E-state index in [0.29, 0.717) is 29.1 Å². The van der Waals surface area contributed by atoms with Crippen LogP contribution >= 0.6 is 0 Å². The summed E-state index contributed by atoms with van der Waals surface area (Å²) in [7, 11) is 0. The molecule has 2 nitrogen and oxygen atoms in total. The minimum Gasteiger partial charge on any atom is -0.365 e. The van der Waals surface area contributed by atoms with Crippen molar-refractivity contribution in [1.82, 2.24) is 0 Å². The SMILES string of the molecule is C[C@H]1C[C@@H]2[C@H]([C@@H]3CCC(=O)CCCC[C@H]4O[C@@]143)C2(C)C. The molecule has 4 aliphatic rings. The van der Waals surface area contributed by atoms with E-state index in [4.69, 9.17) is 4.74 Å². The van der Waals surface area contributed by atoms with Gasteiger partial charge < -0.3 is 4.74 Å². The van der Waals surface area contributed by atoms with E-state index in [1.165, 1.54) is 19.3 Å². The Hall–Kier alpha value is -0.370. The Labute approximate surface area is 122 Å². The molecule has 0 bridgehead atoms. The molecule has 0 aromatic carbocycles. The first kappa shape index (κ1) is 13.3. The van der Waals surface area contributed by atoms with Crippen LogP contribution in [0, 0.1) is 29.1 Å². The molecule has 1 heterocycles. The van der Waals surface area contributed by atoms with Crippen LogP contribution in [0.4, 0.5) is 0 Å². The summed E-state index contributed by atoms with van der Waals surface area (Å²) in [5.41, 5.74) is 0.651. The van der Waals surface area contributed by atoms with Crippen molar-refractivity contribution >= 4 is 5.78 Å². The second-order valence-electron chi connectivity index (χ2n) is 8.48. The van der Waals surface area contributed by atoms with Crippen LogP contribution in [0.3, 0.4) is 0 Å². The zero-order valence-corrected chi connectivity index (χ0v) is 13.2. The lowest BCUT2D eigenvalue weighted by Crippen LogP contribution is -2.40. The number of hydrogen-bond acceptors (Lipinski definition) is 2. The summed E-state index contributed by atoms with van der Waals surface area (Å²) in [5.74, 6) is 3.53. The Kier molecular flexibility index (Phi) is 2.72. The number of carbonyl (C=O) groups is 1. The molecule has 20 heavy (non-hydrogen) atoms. The molecule has 0 N–H and O–H groups in total. The smallest absolute Gasteiger partial charge is 0.132 e. The molecule has 0 aromatic rings. The predicted molar refractivity (Wildman–Crippen MR) is 78.3 cm³/mol. The Bertz CT molecular complexity index is 441. The first-order chi connectivity index (χ1) is 9.48. The van der Waals surface area contributed by atoms with E-state index in [9.17, 15) is 4.79 Å². The van der Waals surface area contributed by atoms with Crippen LogP contribution in [0.2, 0.25) is 0 Å². The molecule has 4 fully saturated rings. The highest BCUT2D eigenvalue weighted by atomic mass is 16.6. The highest BCUT2D eigenvalue weighted by Gasteiger charge is 2.76. The van der Waals surface area contributed by atoms with Crippen LogP contribution < -0.4 is 0 Å². The van der Waals surface area contributed by atoms with Crippen molar-refractivity contribution in [3.63, 3.8) is 0 Å². The second-order valence-corrected chi connectivity index (χ2v) is 8.48. The van der Waals surface area contributed by atoms with Gasteiger partial charge >= 0.3 is 0 Å². The van der Waals surface area contributed by atoms with Crippen LogP contribution in [0.15, 0.2) is 0 Å². The number of ketones is 1. The molecule has 6 atom stereocenters. The second kappa shape index (κ2) is 4.09. The summed E-state index contributed by atoms with van der Waals surface area (Å²) in [5, 5.41) is 0. The first-order valence-corrected chi connectivity index (χ1v) is 8.67. The lowest BCUT2D eigenvalue weighted by Gasteiger charge is -2.35. The lowest BCUT2D eigenvalue weighted by molar-refractivity contribution is -0.119. The highest BCUT2D eigenvalue weighted by Crippen LogP contribution is 2.75. The molecule has 1 saturated heterocycles. The monoisotopic (exact) mass is 276 g/mol. The van der Waals surface area contributed by atoms with Gasteiger partial charge in [-0.1, -0.05) is 27.2 Å². The molecular weight excluding hydrogens is 248 g/mol. The van der Waals surface area contributed by atoms with Gasteiger partial charge in [0.05, 0.1) is 6.10 Å². The van der Waals surface area contributed by atoms with E-state index >= 15 is 0 Å². The fourth-order valence-corrected chi connectivity index (χ4v) is 6.00. The number of hydrogen-bond donors (Lipinski definition) is 0. The average molecular weight is 276 g/mol. The van der Waals surface area contributed by atoms with Gasteiger partial charge in [0.25, 0.3) is 0 Å². The quantitative estimate of drug-likeness (QED) is 0.626. The van der Waals surface area contributed by atoms with Gasteiger partial charge in [0.1, 0.15) is 11.4 Å². The molecule has 3 aliphatic carbocycles. The van der Waals surface area contributed by atoms with Gasteiger partial charge in [-0.2, -0.15) is 0 Å². The van der Waals surface area contributed by atoms with Crippen LogP contribution in [0.5, 0.6) is 0 Å². The first-order valence-electron chi connectivity index (χ1n) is 8.67. The Morgan fingerprint density at radius 2 is 1.90 bits per heavy atom. The maximum Gasteiger partial charge on any atom is 0.132 e. The van der Waals surface area contributed by atoms with E-state index in [1.54, 1.807) is 0 Å². The van der Waals surface area contributed by atoms with Gasteiger partial charge in [0.2, 0.25) is 0 Å². The zero-order chi connectivity index (χ0) is 14.1. The third-order valence-corrected chi connectivity index (χ3v) is 7.23. The summed E-state index contributed by atoms with van der Waals surface area (Å²) in [6, 6.07) is 0. The summed E-state index contributed by atoms with van der Waals surface area (Å²) in [4.78, 5) is 12.0.